The lowest BCUT2D eigenvalue weighted by Gasteiger charge is -2.31. The van der Waals surface area contributed by atoms with Gasteiger partial charge in [0.2, 0.25) is 0 Å². The lowest BCUT2D eigenvalue weighted by Crippen LogP contribution is -2.39. The number of benzene rings is 5. The maximum absolute atomic E-state index is 9.44. The van der Waals surface area contributed by atoms with Crippen molar-refractivity contribution in [2.45, 2.75) is 94.5 Å². The Morgan fingerprint density at radius 1 is 0.333 bits per heavy atom. The molecule has 0 aromatic heterocycles. The fraction of sp³-hybridized carbons (Fsp3) is 0.333. The predicted octanol–water partition coefficient (Wildman–Crippen LogP) is -7.97. The molecule has 0 aliphatic rings. The van der Waals surface area contributed by atoms with Gasteiger partial charge in [-0.3, -0.25) is 0 Å². The van der Waals surface area contributed by atoms with Crippen LogP contribution in [0.25, 0.3) is 11.1 Å². The molecule has 0 amide bonds. The number of rotatable bonds is 25. The Balaban J connectivity index is 0.000000578. The van der Waals surface area contributed by atoms with Crippen molar-refractivity contribution in [3.63, 3.8) is 0 Å². The van der Waals surface area contributed by atoms with Crippen molar-refractivity contribution in [2.75, 3.05) is 0 Å². The second-order valence-corrected chi connectivity index (χ2v) is 19.3. The molecule has 5 aromatic rings. The van der Waals surface area contributed by atoms with E-state index in [1.165, 1.54) is 27.7 Å². The minimum atomic E-state index is -1.91. The summed E-state index contributed by atoms with van der Waals surface area (Å²) in [4.78, 5) is 0. The van der Waals surface area contributed by atoms with E-state index < -0.39 is 107 Å². The average Bonchev–Trinajstić information content (AvgIpc) is 3.45. The van der Waals surface area contributed by atoms with Crippen LogP contribution in [0, 0.1) is 0 Å². The van der Waals surface area contributed by atoms with Crippen molar-refractivity contribution in [1.82, 2.24) is 0 Å². The standard InChI is InChI=1S/C23H27B3O6.C12H11B2O4.C5H14B3O6.C5H15B3O6.B2H3O4/c1-15(17-3-9-20(10-4-17)24(27)28)23(19-7-13-22(14-8-19)26(31)32)16(2)18-5-11-21(12-6-18)25(29)30;15-13-18-12-7-3-10(4-8-12)9-1-5-11(6-2-9)14(16)17;1-3(7(10)11)5(14-6-9)4(2)8(12)13;1-3(6(9)10)5(8(13)14)4(2)7(11)12;3-1-6-2(4)5/h3-16,23,27-32H,1-2H3;1-8,15-17H;3-5,9-13H,1-2H3;3-5,9-14H,1-2H3;3-5H. The molecule has 26 nitrogen and oxygen atoms in total. The van der Waals surface area contributed by atoms with E-state index in [9.17, 15) is 30.1 Å². The Morgan fingerprint density at radius 3 is 0.869 bits per heavy atom. The Hall–Kier alpha value is -4.26. The van der Waals surface area contributed by atoms with Gasteiger partial charge in [-0.1, -0.05) is 151 Å². The first-order chi connectivity index (χ1) is 39.4. The summed E-state index contributed by atoms with van der Waals surface area (Å²) in [5.74, 6) is -3.62. The van der Waals surface area contributed by atoms with Gasteiger partial charge in [0.15, 0.2) is 0 Å². The zero-order chi connectivity index (χ0) is 64.1. The van der Waals surface area contributed by atoms with Gasteiger partial charge in [-0.25, -0.2) is 0 Å². The SMILES string of the molecule is CC(B(O)O)C(B(O)O)C(C)B(O)O.CC(B(O)O)C(O[B]O)C(C)B(O)O.CC(c1ccc(B(O)O)cc1)C(c1ccc(B(O)O)cc1)C(C)c1ccc(B(O)O)cc1.O[B]OB(O)O.O[B]Oc1ccc(-c2ccc(B(O)O)cc2)cc1. The number of hydrogen-bond donors (Lipinski definition) is 23. The van der Waals surface area contributed by atoms with Crippen LogP contribution in [0.2, 0.25) is 29.1 Å². The van der Waals surface area contributed by atoms with E-state index in [1.54, 1.807) is 60.7 Å². The second-order valence-electron chi connectivity index (χ2n) is 19.3. The van der Waals surface area contributed by atoms with E-state index >= 15 is 0 Å². The van der Waals surface area contributed by atoms with Crippen molar-refractivity contribution in [2.24, 2.45) is 0 Å². The average molecular weight is 1170 g/mol. The molecule has 5 rings (SSSR count). The minimum Gasteiger partial charge on any atom is -0.537 e. The first kappa shape index (κ1) is 77.8. The van der Waals surface area contributed by atoms with Gasteiger partial charge in [-0.15, -0.1) is 0 Å². The van der Waals surface area contributed by atoms with Crippen LogP contribution in [-0.2, 0) is 9.23 Å². The summed E-state index contributed by atoms with van der Waals surface area (Å²) in [6.45, 7) is 9.88. The maximum atomic E-state index is 9.44. The molecule has 0 saturated carbocycles. The molecular formula is C45H70B13O26. The maximum Gasteiger partial charge on any atom is 0.619 e. The van der Waals surface area contributed by atoms with Crippen LogP contribution < -0.4 is 26.5 Å². The van der Waals surface area contributed by atoms with Crippen LogP contribution in [0.3, 0.4) is 0 Å². The van der Waals surface area contributed by atoms with E-state index in [2.05, 4.69) is 23.1 Å². The highest BCUT2D eigenvalue weighted by Crippen LogP contribution is 2.43. The summed E-state index contributed by atoms with van der Waals surface area (Å²) >= 11 is 0. The molecule has 0 spiro atoms. The van der Waals surface area contributed by atoms with E-state index in [4.69, 9.17) is 90.1 Å². The van der Waals surface area contributed by atoms with E-state index in [0.29, 0.717) is 43.0 Å². The van der Waals surface area contributed by atoms with Crippen molar-refractivity contribution in [3.8, 4) is 16.9 Å². The molecule has 0 bridgehead atoms. The Morgan fingerprint density at radius 2 is 0.631 bits per heavy atom. The topological polar surface area (TPSA) is 493 Å². The normalized spacial score (nSPS) is 13.7. The molecule has 6 atom stereocenters. The lowest BCUT2D eigenvalue weighted by atomic mass is 9.45. The Bertz CT molecular complexity index is 2400. The van der Waals surface area contributed by atoms with E-state index in [1.807, 2.05) is 60.7 Å². The van der Waals surface area contributed by atoms with Crippen molar-refractivity contribution in [3.05, 3.63) is 138 Å². The van der Waals surface area contributed by atoms with Gasteiger partial charge in [-0.05, 0) is 97.0 Å². The van der Waals surface area contributed by atoms with E-state index in [0.717, 1.165) is 27.8 Å². The quantitative estimate of drug-likeness (QED) is 0.0241. The van der Waals surface area contributed by atoms with Crippen molar-refractivity contribution < 1.29 is 129 Å². The van der Waals surface area contributed by atoms with Crippen LogP contribution in [-0.4, -0.2) is 216 Å². The summed E-state index contributed by atoms with van der Waals surface area (Å²) in [6.07, 6.45) is -0.889. The fourth-order valence-corrected chi connectivity index (χ4v) is 8.50. The van der Waals surface area contributed by atoms with Gasteiger partial charge in [0.1, 0.15) is 5.75 Å². The van der Waals surface area contributed by atoms with Gasteiger partial charge in [0.05, 0.1) is 0 Å². The van der Waals surface area contributed by atoms with Gasteiger partial charge < -0.3 is 129 Å². The fourth-order valence-electron chi connectivity index (χ4n) is 8.50. The molecule has 445 valence electrons. The minimum absolute atomic E-state index is 0.00897. The van der Waals surface area contributed by atoms with Gasteiger partial charge in [0, 0.05) is 17.7 Å². The summed E-state index contributed by atoms with van der Waals surface area (Å²) in [5.41, 5.74) is 6.71. The molecule has 0 heterocycles. The van der Waals surface area contributed by atoms with Crippen molar-refractivity contribution in [1.29, 1.82) is 0 Å². The highest BCUT2D eigenvalue weighted by molar-refractivity contribution is 6.60. The highest BCUT2D eigenvalue weighted by Gasteiger charge is 2.43. The third-order valence-electron chi connectivity index (χ3n) is 13.7. The number of hydrogen-bond acceptors (Lipinski definition) is 26. The van der Waals surface area contributed by atoms with Crippen LogP contribution in [0.5, 0.6) is 5.75 Å². The van der Waals surface area contributed by atoms with Crippen LogP contribution in [0.1, 0.15) is 76.0 Å². The second kappa shape index (κ2) is 40.2. The summed E-state index contributed by atoms with van der Waals surface area (Å²) in [6, 6.07) is 35.6. The molecule has 5 aromatic carbocycles. The van der Waals surface area contributed by atoms with Gasteiger partial charge in [0.25, 0.3) is 0 Å². The largest absolute Gasteiger partial charge is 0.619 e. The van der Waals surface area contributed by atoms with Gasteiger partial charge >= 0.3 is 94.4 Å². The Labute approximate surface area is 493 Å². The lowest BCUT2D eigenvalue weighted by molar-refractivity contribution is 0.149. The molecule has 6 unspecified atom stereocenters. The summed E-state index contributed by atoms with van der Waals surface area (Å²) in [5, 5.41) is 203. The molecule has 0 aliphatic carbocycles. The smallest absolute Gasteiger partial charge is 0.537 e. The predicted molar refractivity (Wildman–Crippen MR) is 323 cm³/mol. The monoisotopic (exact) mass is 1170 g/mol. The van der Waals surface area contributed by atoms with E-state index in [-0.39, 0.29) is 25.4 Å². The zero-order valence-corrected chi connectivity index (χ0v) is 46.8. The highest BCUT2D eigenvalue weighted by atomic mass is 16.6. The first-order valence-corrected chi connectivity index (χ1v) is 25.8. The zero-order valence-electron chi connectivity index (χ0n) is 46.8. The van der Waals surface area contributed by atoms with Crippen LogP contribution in [0.15, 0.2) is 121 Å². The third-order valence-corrected chi connectivity index (χ3v) is 13.7. The molecule has 0 aliphatic heterocycles. The molecule has 0 saturated heterocycles. The molecule has 23 N–H and O–H groups in total. The molecular weight excluding hydrogens is 1100 g/mol. The van der Waals surface area contributed by atoms with Crippen molar-refractivity contribution >= 4 is 116 Å². The summed E-state index contributed by atoms with van der Waals surface area (Å²) in [7, 11) is -15.3. The van der Waals surface area contributed by atoms with Crippen LogP contribution >= 0.6 is 0 Å². The molecule has 3 radical (unpaired) electrons. The first-order valence-electron chi connectivity index (χ1n) is 25.8. The van der Waals surface area contributed by atoms with Crippen LogP contribution in [0.4, 0.5) is 0 Å². The van der Waals surface area contributed by atoms with Gasteiger partial charge in [-0.2, -0.15) is 0 Å². The molecule has 0 fully saturated rings. The Kier molecular flexibility index (Phi) is 37.3. The third kappa shape index (κ3) is 26.8. The summed E-state index contributed by atoms with van der Waals surface area (Å²) < 4.78 is 13.1. The molecule has 84 heavy (non-hydrogen) atoms. The molecule has 39 heteroatoms.